The number of benzene rings is 3. The van der Waals surface area contributed by atoms with Gasteiger partial charge in [-0.1, -0.05) is 30.3 Å². The zero-order valence-electron chi connectivity index (χ0n) is 22.5. The standard InChI is InChI=1S/C32H36O6/c1-20-7-8-23(12-31(20)37-18-28-15-34-28)9-26-11-24(13-32(22(26)3)38-19-29-16-35-29)10-25-5-4-6-30(21(25)2)36-17-27-14-33-27/h4-8,11-13,27-29H,9-10,14-19H2,1-3H3. The lowest BCUT2D eigenvalue weighted by atomic mass is 9.93. The molecule has 3 heterocycles. The second-order valence-corrected chi connectivity index (χ2v) is 10.7. The minimum absolute atomic E-state index is 0.209. The highest BCUT2D eigenvalue weighted by Gasteiger charge is 2.25. The number of hydrogen-bond acceptors (Lipinski definition) is 6. The number of hydrogen-bond donors (Lipinski definition) is 0. The monoisotopic (exact) mass is 516 g/mol. The summed E-state index contributed by atoms with van der Waals surface area (Å²) in [5.74, 6) is 2.79. The van der Waals surface area contributed by atoms with E-state index in [1.165, 1.54) is 33.4 Å². The van der Waals surface area contributed by atoms with E-state index >= 15 is 0 Å². The van der Waals surface area contributed by atoms with Crippen LogP contribution in [0, 0.1) is 20.8 Å². The molecule has 3 aliphatic rings. The van der Waals surface area contributed by atoms with Crippen LogP contribution in [0.4, 0.5) is 0 Å². The van der Waals surface area contributed by atoms with Crippen molar-refractivity contribution >= 4 is 0 Å². The fourth-order valence-electron chi connectivity index (χ4n) is 4.64. The van der Waals surface area contributed by atoms with Gasteiger partial charge in [0.25, 0.3) is 0 Å². The van der Waals surface area contributed by atoms with Crippen LogP contribution in [0.1, 0.15) is 38.9 Å². The van der Waals surface area contributed by atoms with Gasteiger partial charge < -0.3 is 28.4 Å². The molecule has 0 spiro atoms. The molecule has 3 atom stereocenters. The highest BCUT2D eigenvalue weighted by Crippen LogP contribution is 2.32. The first kappa shape index (κ1) is 25.2. The average Bonchev–Trinajstić information content (AvgIpc) is 3.74. The van der Waals surface area contributed by atoms with E-state index in [4.69, 9.17) is 28.4 Å². The van der Waals surface area contributed by atoms with E-state index in [2.05, 4.69) is 63.2 Å². The molecular formula is C32H36O6. The first-order valence-corrected chi connectivity index (χ1v) is 13.6. The van der Waals surface area contributed by atoms with Crippen LogP contribution in [0.25, 0.3) is 0 Å². The Hall–Kier alpha value is -3.06. The van der Waals surface area contributed by atoms with Crippen molar-refractivity contribution in [1.29, 1.82) is 0 Å². The fraction of sp³-hybridized carbons (Fsp3) is 0.438. The lowest BCUT2D eigenvalue weighted by Crippen LogP contribution is -2.08. The molecule has 6 nitrogen and oxygen atoms in total. The highest BCUT2D eigenvalue weighted by atomic mass is 16.6. The lowest BCUT2D eigenvalue weighted by Gasteiger charge is -2.17. The number of epoxide rings is 3. The second-order valence-electron chi connectivity index (χ2n) is 10.7. The average molecular weight is 517 g/mol. The summed E-state index contributed by atoms with van der Waals surface area (Å²) in [7, 11) is 0. The molecule has 3 aromatic carbocycles. The summed E-state index contributed by atoms with van der Waals surface area (Å²) < 4.78 is 34.3. The molecule has 38 heavy (non-hydrogen) atoms. The zero-order chi connectivity index (χ0) is 26.1. The van der Waals surface area contributed by atoms with Gasteiger partial charge in [0.1, 0.15) is 55.4 Å². The Morgan fingerprint density at radius 3 is 1.82 bits per heavy atom. The van der Waals surface area contributed by atoms with E-state index in [9.17, 15) is 0 Å². The molecule has 3 aromatic rings. The molecule has 0 bridgehead atoms. The Labute approximate surface area is 224 Å². The molecule has 0 N–H and O–H groups in total. The van der Waals surface area contributed by atoms with Crippen molar-refractivity contribution in [3.05, 3.63) is 87.5 Å². The second kappa shape index (κ2) is 11.0. The molecule has 3 saturated heterocycles. The van der Waals surface area contributed by atoms with E-state index in [1.807, 2.05) is 6.07 Å². The molecule has 0 aliphatic carbocycles. The highest BCUT2D eigenvalue weighted by molar-refractivity contribution is 5.49. The smallest absolute Gasteiger partial charge is 0.122 e. The van der Waals surface area contributed by atoms with Crippen LogP contribution >= 0.6 is 0 Å². The number of rotatable bonds is 13. The van der Waals surface area contributed by atoms with Gasteiger partial charge in [0, 0.05) is 0 Å². The van der Waals surface area contributed by atoms with Crippen molar-refractivity contribution in [3.63, 3.8) is 0 Å². The lowest BCUT2D eigenvalue weighted by molar-refractivity contribution is 0.261. The Morgan fingerprint density at radius 1 is 0.605 bits per heavy atom. The molecule has 6 heteroatoms. The topological polar surface area (TPSA) is 65.3 Å². The van der Waals surface area contributed by atoms with Crippen LogP contribution in [-0.2, 0) is 27.1 Å². The molecule has 0 aromatic heterocycles. The van der Waals surface area contributed by atoms with E-state index < -0.39 is 0 Å². The summed E-state index contributed by atoms with van der Waals surface area (Å²) in [5, 5.41) is 0. The van der Waals surface area contributed by atoms with Crippen molar-refractivity contribution in [2.24, 2.45) is 0 Å². The Morgan fingerprint density at radius 2 is 1.16 bits per heavy atom. The van der Waals surface area contributed by atoms with Crippen LogP contribution in [0.2, 0.25) is 0 Å². The predicted octanol–water partition coefficient (Wildman–Crippen LogP) is 5.13. The summed E-state index contributed by atoms with van der Waals surface area (Å²) in [4.78, 5) is 0. The van der Waals surface area contributed by atoms with Gasteiger partial charge in [-0.2, -0.15) is 0 Å². The predicted molar refractivity (Wildman–Crippen MR) is 145 cm³/mol. The normalized spacial score (nSPS) is 21.2. The Balaban J connectivity index is 1.25. The maximum atomic E-state index is 6.26. The van der Waals surface area contributed by atoms with E-state index in [-0.39, 0.29) is 18.3 Å². The number of aryl methyl sites for hydroxylation is 1. The van der Waals surface area contributed by atoms with Gasteiger partial charge in [0.2, 0.25) is 0 Å². The Kier molecular flexibility index (Phi) is 7.28. The van der Waals surface area contributed by atoms with Gasteiger partial charge >= 0.3 is 0 Å². The zero-order valence-corrected chi connectivity index (χ0v) is 22.5. The van der Waals surface area contributed by atoms with Crippen molar-refractivity contribution in [3.8, 4) is 17.2 Å². The molecular weight excluding hydrogens is 480 g/mol. The summed E-state index contributed by atoms with van der Waals surface area (Å²) in [6.07, 6.45) is 2.29. The quantitative estimate of drug-likeness (QED) is 0.294. The Bertz CT molecular complexity index is 1290. The SMILES string of the molecule is Cc1ccc(Cc2cc(Cc3cccc(OCC4CO4)c3C)cc(OCC3CO3)c2C)cc1OCC1CO1. The summed E-state index contributed by atoms with van der Waals surface area (Å²) in [6, 6.07) is 17.3. The van der Waals surface area contributed by atoms with Crippen LogP contribution in [0.5, 0.6) is 17.2 Å². The third-order valence-electron chi connectivity index (χ3n) is 7.45. The van der Waals surface area contributed by atoms with Gasteiger partial charge in [0.05, 0.1) is 19.8 Å². The van der Waals surface area contributed by atoms with Gasteiger partial charge in [-0.3, -0.25) is 0 Å². The van der Waals surface area contributed by atoms with Crippen LogP contribution < -0.4 is 14.2 Å². The van der Waals surface area contributed by atoms with Gasteiger partial charge in [0.15, 0.2) is 0 Å². The fourth-order valence-corrected chi connectivity index (χ4v) is 4.64. The van der Waals surface area contributed by atoms with Gasteiger partial charge in [-0.15, -0.1) is 0 Å². The molecule has 200 valence electrons. The van der Waals surface area contributed by atoms with E-state index in [0.717, 1.165) is 55.5 Å². The van der Waals surface area contributed by atoms with E-state index in [0.29, 0.717) is 19.8 Å². The molecule has 0 amide bonds. The molecule has 3 aliphatic heterocycles. The molecule has 3 unspecified atom stereocenters. The third kappa shape index (κ3) is 6.49. The van der Waals surface area contributed by atoms with Crippen molar-refractivity contribution < 1.29 is 28.4 Å². The van der Waals surface area contributed by atoms with Crippen molar-refractivity contribution in [2.75, 3.05) is 39.6 Å². The maximum Gasteiger partial charge on any atom is 0.122 e. The van der Waals surface area contributed by atoms with Gasteiger partial charge in [-0.25, -0.2) is 0 Å². The first-order chi connectivity index (χ1) is 18.5. The minimum Gasteiger partial charge on any atom is -0.491 e. The van der Waals surface area contributed by atoms with Crippen LogP contribution in [-0.4, -0.2) is 58.0 Å². The largest absolute Gasteiger partial charge is 0.491 e. The molecule has 6 rings (SSSR count). The molecule has 0 radical (unpaired) electrons. The van der Waals surface area contributed by atoms with Crippen LogP contribution in [0.15, 0.2) is 48.5 Å². The minimum atomic E-state index is 0.209. The van der Waals surface area contributed by atoms with Gasteiger partial charge in [-0.05, 0) is 90.8 Å². The summed E-state index contributed by atoms with van der Waals surface area (Å²) in [5.41, 5.74) is 8.42. The molecule has 3 fully saturated rings. The van der Waals surface area contributed by atoms with Crippen molar-refractivity contribution in [2.45, 2.75) is 51.9 Å². The third-order valence-corrected chi connectivity index (χ3v) is 7.45. The van der Waals surface area contributed by atoms with Crippen molar-refractivity contribution in [1.82, 2.24) is 0 Å². The molecule has 0 saturated carbocycles. The maximum absolute atomic E-state index is 6.26. The summed E-state index contributed by atoms with van der Waals surface area (Å²) >= 11 is 0. The van der Waals surface area contributed by atoms with E-state index in [1.54, 1.807) is 0 Å². The number of ether oxygens (including phenoxy) is 6. The first-order valence-electron chi connectivity index (χ1n) is 13.6. The van der Waals surface area contributed by atoms with Crippen LogP contribution in [0.3, 0.4) is 0 Å². The summed E-state index contributed by atoms with van der Waals surface area (Å²) in [6.45, 7) is 10.5.